The fourth-order valence-corrected chi connectivity index (χ4v) is 4.01. The number of nitrogens with one attached hydrogen (secondary N) is 1. The molecule has 1 aromatic heterocycles. The standard InChI is InChI=1S/C20H25N3O3/c1-23(11-17-15-7-3-4-8-16(15)21-22-17)20(24)14-10-13-6-5-9-18(25-2)19(13)26-12-14/h5-6,9,14H,3-4,7-8,10-12H2,1-2H3,(H,21,22)/t14-/m1/s1. The number of nitrogens with zero attached hydrogens (tertiary/aromatic N) is 2. The Labute approximate surface area is 153 Å². The maximum absolute atomic E-state index is 12.9. The number of methoxy groups -OCH3 is 1. The summed E-state index contributed by atoms with van der Waals surface area (Å²) in [5.74, 6) is 1.42. The molecule has 0 spiro atoms. The zero-order chi connectivity index (χ0) is 18.1. The molecule has 26 heavy (non-hydrogen) atoms. The topological polar surface area (TPSA) is 67.5 Å². The van der Waals surface area contributed by atoms with Crippen molar-refractivity contribution in [3.05, 3.63) is 40.7 Å². The van der Waals surface area contributed by atoms with Crippen molar-refractivity contribution in [2.45, 2.75) is 38.6 Å². The maximum Gasteiger partial charge on any atom is 0.229 e. The lowest BCUT2D eigenvalue weighted by Gasteiger charge is -2.29. The summed E-state index contributed by atoms with van der Waals surface area (Å²) in [5.41, 5.74) is 4.59. The number of aryl methyl sites for hydroxylation is 1. The molecule has 0 unspecified atom stereocenters. The first-order chi connectivity index (χ1) is 12.7. The predicted molar refractivity (Wildman–Crippen MR) is 97.4 cm³/mol. The van der Waals surface area contributed by atoms with E-state index in [1.165, 1.54) is 24.1 Å². The van der Waals surface area contributed by atoms with Crippen molar-refractivity contribution in [3.8, 4) is 11.5 Å². The van der Waals surface area contributed by atoms with Gasteiger partial charge in [0.1, 0.15) is 6.61 Å². The highest BCUT2D eigenvalue weighted by atomic mass is 16.5. The molecule has 1 amide bonds. The lowest BCUT2D eigenvalue weighted by molar-refractivity contribution is -0.136. The molecular weight excluding hydrogens is 330 g/mol. The van der Waals surface area contributed by atoms with E-state index < -0.39 is 0 Å². The summed E-state index contributed by atoms with van der Waals surface area (Å²) in [7, 11) is 3.49. The molecule has 1 N–H and O–H groups in total. The quantitative estimate of drug-likeness (QED) is 0.915. The van der Waals surface area contributed by atoms with Crippen molar-refractivity contribution in [1.82, 2.24) is 15.1 Å². The average molecular weight is 355 g/mol. The van der Waals surface area contributed by atoms with Gasteiger partial charge in [-0.15, -0.1) is 0 Å². The van der Waals surface area contributed by atoms with E-state index in [1.807, 2.05) is 25.2 Å². The van der Waals surface area contributed by atoms with Crippen LogP contribution in [0, 0.1) is 5.92 Å². The molecule has 138 valence electrons. The van der Waals surface area contributed by atoms with Crippen LogP contribution in [0.2, 0.25) is 0 Å². The Balaban J connectivity index is 1.45. The Morgan fingerprint density at radius 2 is 2.23 bits per heavy atom. The van der Waals surface area contributed by atoms with Crippen LogP contribution in [-0.4, -0.2) is 41.8 Å². The number of ether oxygens (including phenoxy) is 2. The summed E-state index contributed by atoms with van der Waals surface area (Å²) in [6, 6.07) is 5.82. The molecule has 2 heterocycles. The fraction of sp³-hybridized carbons (Fsp3) is 0.500. The minimum atomic E-state index is -0.172. The zero-order valence-electron chi connectivity index (χ0n) is 15.4. The van der Waals surface area contributed by atoms with Gasteiger partial charge in [0.05, 0.1) is 25.3 Å². The van der Waals surface area contributed by atoms with Crippen LogP contribution >= 0.6 is 0 Å². The van der Waals surface area contributed by atoms with Crippen molar-refractivity contribution < 1.29 is 14.3 Å². The summed E-state index contributed by atoms with van der Waals surface area (Å²) in [6.45, 7) is 0.932. The largest absolute Gasteiger partial charge is 0.493 e. The summed E-state index contributed by atoms with van der Waals surface area (Å²) in [4.78, 5) is 14.7. The molecule has 1 aromatic carbocycles. The minimum Gasteiger partial charge on any atom is -0.493 e. The van der Waals surface area contributed by atoms with Crippen molar-refractivity contribution >= 4 is 5.91 Å². The van der Waals surface area contributed by atoms with Gasteiger partial charge < -0.3 is 14.4 Å². The lowest BCUT2D eigenvalue weighted by Crippen LogP contribution is -2.38. The van der Waals surface area contributed by atoms with Crippen LogP contribution < -0.4 is 9.47 Å². The molecule has 2 aliphatic rings. The van der Waals surface area contributed by atoms with E-state index in [1.54, 1.807) is 12.0 Å². The third-order valence-electron chi connectivity index (χ3n) is 5.43. The maximum atomic E-state index is 12.9. The number of rotatable bonds is 4. The highest BCUT2D eigenvalue weighted by Crippen LogP contribution is 2.36. The Morgan fingerprint density at radius 3 is 3.08 bits per heavy atom. The number of aromatic nitrogens is 2. The number of amides is 1. The molecule has 0 fully saturated rings. The van der Waals surface area contributed by atoms with Gasteiger partial charge in [-0.05, 0) is 49.3 Å². The van der Waals surface area contributed by atoms with E-state index in [9.17, 15) is 4.79 Å². The van der Waals surface area contributed by atoms with Gasteiger partial charge >= 0.3 is 0 Å². The molecule has 0 saturated heterocycles. The van der Waals surface area contributed by atoms with Gasteiger partial charge in [-0.25, -0.2) is 0 Å². The van der Waals surface area contributed by atoms with Gasteiger partial charge in [-0.2, -0.15) is 5.10 Å². The van der Waals surface area contributed by atoms with Gasteiger partial charge in [0.25, 0.3) is 0 Å². The molecule has 6 nitrogen and oxygen atoms in total. The fourth-order valence-electron chi connectivity index (χ4n) is 4.01. The van der Waals surface area contributed by atoms with Gasteiger partial charge in [0, 0.05) is 12.7 Å². The van der Waals surface area contributed by atoms with Crippen LogP contribution in [0.1, 0.15) is 35.4 Å². The summed E-state index contributed by atoms with van der Waals surface area (Å²) in [6.07, 6.45) is 5.21. The second-order valence-electron chi connectivity index (χ2n) is 7.19. The van der Waals surface area contributed by atoms with Crippen LogP contribution in [0.3, 0.4) is 0 Å². The van der Waals surface area contributed by atoms with E-state index >= 15 is 0 Å². The molecule has 0 saturated carbocycles. The number of benzene rings is 1. The third-order valence-corrected chi connectivity index (χ3v) is 5.43. The van der Waals surface area contributed by atoms with Crippen molar-refractivity contribution in [3.63, 3.8) is 0 Å². The molecule has 1 atom stereocenters. The zero-order valence-corrected chi connectivity index (χ0v) is 15.4. The second-order valence-corrected chi connectivity index (χ2v) is 7.19. The first-order valence-electron chi connectivity index (χ1n) is 9.26. The second kappa shape index (κ2) is 7.02. The van der Waals surface area contributed by atoms with Gasteiger partial charge in [-0.3, -0.25) is 9.89 Å². The highest BCUT2D eigenvalue weighted by molar-refractivity contribution is 5.79. The number of hydrogen-bond donors (Lipinski definition) is 1. The Kier molecular flexibility index (Phi) is 4.57. The first-order valence-corrected chi connectivity index (χ1v) is 9.26. The molecule has 0 bridgehead atoms. The Bertz CT molecular complexity index is 815. The van der Waals surface area contributed by atoms with Gasteiger partial charge in [-0.1, -0.05) is 12.1 Å². The molecule has 0 radical (unpaired) electrons. The number of aromatic amines is 1. The molecule has 4 rings (SSSR count). The number of fused-ring (bicyclic) bond motifs is 2. The molecule has 1 aliphatic carbocycles. The van der Waals surface area contributed by atoms with E-state index in [2.05, 4.69) is 10.2 Å². The van der Waals surface area contributed by atoms with Gasteiger partial charge in [0.2, 0.25) is 5.91 Å². The summed E-state index contributed by atoms with van der Waals surface area (Å²) >= 11 is 0. The Morgan fingerprint density at radius 1 is 1.38 bits per heavy atom. The smallest absolute Gasteiger partial charge is 0.229 e. The minimum absolute atomic E-state index is 0.103. The van der Waals surface area contributed by atoms with Crippen molar-refractivity contribution in [1.29, 1.82) is 0 Å². The Hall–Kier alpha value is -2.50. The van der Waals surface area contributed by atoms with Crippen LogP contribution in [0.5, 0.6) is 11.5 Å². The van der Waals surface area contributed by atoms with Crippen LogP contribution in [0.25, 0.3) is 0 Å². The highest BCUT2D eigenvalue weighted by Gasteiger charge is 2.30. The number of para-hydroxylation sites is 1. The molecule has 1 aliphatic heterocycles. The SMILES string of the molecule is COc1cccc2c1OC[C@H](C(=O)N(C)Cc1n[nH]c3c1CCCC3)C2. The van der Waals surface area contributed by atoms with Crippen LogP contribution in [0.4, 0.5) is 0 Å². The van der Waals surface area contributed by atoms with E-state index in [0.717, 1.165) is 35.6 Å². The van der Waals surface area contributed by atoms with Crippen molar-refractivity contribution in [2.24, 2.45) is 5.92 Å². The number of carbonyl (C=O) groups is 1. The normalized spacial score (nSPS) is 18.5. The molecule has 2 aromatic rings. The number of carbonyl (C=O) groups excluding carboxylic acids is 1. The van der Waals surface area contributed by atoms with Crippen LogP contribution in [0.15, 0.2) is 18.2 Å². The van der Waals surface area contributed by atoms with E-state index in [4.69, 9.17) is 9.47 Å². The third kappa shape index (κ3) is 3.04. The first kappa shape index (κ1) is 16.9. The van der Waals surface area contributed by atoms with Crippen molar-refractivity contribution in [2.75, 3.05) is 20.8 Å². The predicted octanol–water partition coefficient (Wildman–Crippen LogP) is 2.51. The molecular formula is C20H25N3O3. The average Bonchev–Trinajstić information content (AvgIpc) is 3.09. The monoisotopic (exact) mass is 355 g/mol. The van der Waals surface area contributed by atoms with Gasteiger partial charge in [0.15, 0.2) is 11.5 Å². The van der Waals surface area contributed by atoms with E-state index in [0.29, 0.717) is 19.6 Å². The summed E-state index contributed by atoms with van der Waals surface area (Å²) < 4.78 is 11.2. The number of H-pyrrole nitrogens is 1. The summed E-state index contributed by atoms with van der Waals surface area (Å²) in [5, 5.41) is 7.61. The number of hydrogen-bond acceptors (Lipinski definition) is 4. The van der Waals surface area contributed by atoms with E-state index in [-0.39, 0.29) is 11.8 Å². The molecule has 6 heteroatoms. The lowest BCUT2D eigenvalue weighted by atomic mass is 9.94. The van der Waals surface area contributed by atoms with Crippen LogP contribution in [-0.2, 0) is 30.6 Å².